The molecule has 0 aliphatic carbocycles. The fourth-order valence-corrected chi connectivity index (χ4v) is 3.06. The Morgan fingerprint density at radius 3 is 2.84 bits per heavy atom. The van der Waals surface area contributed by atoms with Crippen molar-refractivity contribution in [3.8, 4) is 0 Å². The average molecular weight is 264 g/mol. The summed E-state index contributed by atoms with van der Waals surface area (Å²) >= 11 is 0. The molecule has 0 N–H and O–H groups in total. The van der Waals surface area contributed by atoms with Crippen LogP contribution in [0.1, 0.15) is 41.0 Å². The summed E-state index contributed by atoms with van der Waals surface area (Å²) in [5.74, 6) is -0.0722. The van der Waals surface area contributed by atoms with Crippen LogP contribution in [0.2, 0.25) is 0 Å². The predicted octanol–water partition coefficient (Wildman–Crippen LogP) is 3.25. The molecule has 5 atom stereocenters. The van der Waals surface area contributed by atoms with Crippen LogP contribution < -0.4 is 0 Å². The minimum Gasteiger partial charge on any atom is -0.342 e. The SMILES string of the molecule is CC1=CC[C@H]2O[C@]1(C)O[C@H](C(C)/C=C(\C)C=O)[C@H]2C. The second-order valence-electron chi connectivity index (χ2n) is 6.05. The third-order valence-electron chi connectivity index (χ3n) is 4.44. The number of hydrogen-bond donors (Lipinski definition) is 0. The first kappa shape index (κ1) is 14.5. The fourth-order valence-electron chi connectivity index (χ4n) is 3.06. The molecule has 2 aliphatic heterocycles. The monoisotopic (exact) mass is 264 g/mol. The van der Waals surface area contributed by atoms with E-state index in [0.29, 0.717) is 5.92 Å². The molecule has 0 saturated carbocycles. The van der Waals surface area contributed by atoms with Gasteiger partial charge in [-0.15, -0.1) is 0 Å². The molecule has 2 aliphatic rings. The van der Waals surface area contributed by atoms with E-state index in [4.69, 9.17) is 9.47 Å². The van der Waals surface area contributed by atoms with Crippen molar-refractivity contribution in [2.24, 2.45) is 11.8 Å². The molecule has 1 saturated heterocycles. The zero-order chi connectivity index (χ0) is 14.2. The van der Waals surface area contributed by atoms with Gasteiger partial charge in [-0.2, -0.15) is 0 Å². The molecular formula is C16H24O3. The highest BCUT2D eigenvalue weighted by Gasteiger charge is 2.47. The average Bonchev–Trinajstić information content (AvgIpc) is 2.37. The van der Waals surface area contributed by atoms with E-state index in [-0.39, 0.29) is 18.1 Å². The van der Waals surface area contributed by atoms with Crippen LogP contribution in [0.4, 0.5) is 0 Å². The van der Waals surface area contributed by atoms with Crippen LogP contribution in [0.5, 0.6) is 0 Å². The number of allylic oxidation sites excluding steroid dienone is 1. The summed E-state index contributed by atoms with van der Waals surface area (Å²) in [7, 11) is 0. The smallest absolute Gasteiger partial charge is 0.188 e. The van der Waals surface area contributed by atoms with Crippen LogP contribution in [0, 0.1) is 11.8 Å². The van der Waals surface area contributed by atoms with Crippen molar-refractivity contribution in [2.75, 3.05) is 0 Å². The zero-order valence-corrected chi connectivity index (χ0v) is 12.5. The van der Waals surface area contributed by atoms with Crippen molar-refractivity contribution in [3.63, 3.8) is 0 Å². The molecular weight excluding hydrogens is 240 g/mol. The van der Waals surface area contributed by atoms with Crippen molar-refractivity contribution < 1.29 is 14.3 Å². The number of carbonyl (C=O) groups excluding carboxylic acids is 1. The number of rotatable bonds is 3. The van der Waals surface area contributed by atoms with Crippen LogP contribution in [0.3, 0.4) is 0 Å². The molecule has 3 nitrogen and oxygen atoms in total. The molecule has 2 heterocycles. The van der Waals surface area contributed by atoms with Gasteiger partial charge in [0.1, 0.15) is 6.29 Å². The van der Waals surface area contributed by atoms with E-state index in [1.54, 1.807) is 0 Å². The van der Waals surface area contributed by atoms with Gasteiger partial charge in [-0.25, -0.2) is 0 Å². The van der Waals surface area contributed by atoms with E-state index in [1.165, 1.54) is 0 Å². The van der Waals surface area contributed by atoms with Crippen molar-refractivity contribution in [2.45, 2.75) is 59.0 Å². The zero-order valence-electron chi connectivity index (χ0n) is 12.5. The van der Waals surface area contributed by atoms with E-state index in [9.17, 15) is 4.79 Å². The molecule has 106 valence electrons. The number of fused-ring (bicyclic) bond motifs is 2. The Bertz CT molecular complexity index is 424. The predicted molar refractivity (Wildman–Crippen MR) is 74.7 cm³/mol. The quantitative estimate of drug-likeness (QED) is 0.446. The molecule has 2 bridgehead atoms. The summed E-state index contributed by atoms with van der Waals surface area (Å²) in [4.78, 5) is 10.8. The van der Waals surface area contributed by atoms with Crippen LogP contribution in [0.15, 0.2) is 23.3 Å². The minimum atomic E-state index is -0.600. The summed E-state index contributed by atoms with van der Waals surface area (Å²) in [6, 6.07) is 0. The largest absolute Gasteiger partial charge is 0.342 e. The van der Waals surface area contributed by atoms with E-state index in [2.05, 4.69) is 26.8 Å². The Morgan fingerprint density at radius 1 is 1.53 bits per heavy atom. The van der Waals surface area contributed by atoms with E-state index in [0.717, 1.165) is 23.9 Å². The first-order valence-electron chi connectivity index (χ1n) is 7.04. The van der Waals surface area contributed by atoms with Crippen LogP contribution >= 0.6 is 0 Å². The number of aldehydes is 1. The lowest BCUT2D eigenvalue weighted by Gasteiger charge is -2.50. The number of carbonyl (C=O) groups is 1. The highest BCUT2D eigenvalue weighted by Crippen LogP contribution is 2.43. The van der Waals surface area contributed by atoms with Gasteiger partial charge in [-0.1, -0.05) is 26.0 Å². The van der Waals surface area contributed by atoms with Gasteiger partial charge < -0.3 is 9.47 Å². The third-order valence-corrected chi connectivity index (χ3v) is 4.44. The molecule has 0 spiro atoms. The van der Waals surface area contributed by atoms with Crippen molar-refractivity contribution in [3.05, 3.63) is 23.3 Å². The summed E-state index contributed by atoms with van der Waals surface area (Å²) in [6.45, 7) is 10.2. The topological polar surface area (TPSA) is 35.5 Å². The highest BCUT2D eigenvalue weighted by atomic mass is 16.7. The van der Waals surface area contributed by atoms with Crippen molar-refractivity contribution in [1.82, 2.24) is 0 Å². The molecule has 1 unspecified atom stereocenters. The standard InChI is InChI=1S/C16H24O3/c1-10(9-17)8-11(2)15-13(4)14-7-6-12(3)16(5,18-14)19-15/h6,8-9,11,13-15H,7H2,1-5H3/b10-8+/t11?,13-,14+,15+,16+/m0/s1. The Balaban J connectivity index is 2.23. The molecule has 0 amide bonds. The molecule has 0 radical (unpaired) electrons. The van der Waals surface area contributed by atoms with Crippen LogP contribution in [0.25, 0.3) is 0 Å². The van der Waals surface area contributed by atoms with Gasteiger partial charge in [0.15, 0.2) is 5.79 Å². The lowest BCUT2D eigenvalue weighted by molar-refractivity contribution is -0.318. The lowest BCUT2D eigenvalue weighted by atomic mass is 9.82. The number of hydrogen-bond acceptors (Lipinski definition) is 3. The second kappa shape index (κ2) is 5.22. The summed E-state index contributed by atoms with van der Waals surface area (Å²) in [5, 5.41) is 0. The Hall–Kier alpha value is -0.930. The van der Waals surface area contributed by atoms with Crippen LogP contribution in [-0.4, -0.2) is 24.3 Å². The normalized spacial score (nSPS) is 40.6. The molecule has 2 rings (SSSR count). The maximum absolute atomic E-state index is 10.8. The summed E-state index contributed by atoms with van der Waals surface area (Å²) in [6.07, 6.45) is 6.36. The van der Waals surface area contributed by atoms with Gasteiger partial charge in [0.25, 0.3) is 0 Å². The van der Waals surface area contributed by atoms with Gasteiger partial charge in [-0.05, 0) is 38.3 Å². The van der Waals surface area contributed by atoms with Gasteiger partial charge in [0.05, 0.1) is 12.2 Å². The van der Waals surface area contributed by atoms with E-state index in [1.807, 2.05) is 19.9 Å². The lowest BCUT2D eigenvalue weighted by Crippen LogP contribution is -2.55. The highest BCUT2D eigenvalue weighted by molar-refractivity contribution is 5.72. The maximum Gasteiger partial charge on any atom is 0.188 e. The first-order chi connectivity index (χ1) is 8.87. The summed E-state index contributed by atoms with van der Waals surface area (Å²) in [5.41, 5.74) is 1.90. The van der Waals surface area contributed by atoms with Gasteiger partial charge >= 0.3 is 0 Å². The Kier molecular flexibility index (Phi) is 3.98. The van der Waals surface area contributed by atoms with E-state index >= 15 is 0 Å². The van der Waals surface area contributed by atoms with Crippen molar-refractivity contribution >= 4 is 6.29 Å². The van der Waals surface area contributed by atoms with Crippen LogP contribution in [-0.2, 0) is 14.3 Å². The van der Waals surface area contributed by atoms with E-state index < -0.39 is 5.79 Å². The fraction of sp³-hybridized carbons (Fsp3) is 0.688. The van der Waals surface area contributed by atoms with Gasteiger partial charge in [0, 0.05) is 11.8 Å². The van der Waals surface area contributed by atoms with Gasteiger partial charge in [0.2, 0.25) is 0 Å². The third kappa shape index (κ3) is 2.67. The first-order valence-corrected chi connectivity index (χ1v) is 7.04. The maximum atomic E-state index is 10.8. The minimum absolute atomic E-state index is 0.0855. The van der Waals surface area contributed by atoms with Gasteiger partial charge in [-0.3, -0.25) is 4.79 Å². The second-order valence-corrected chi connectivity index (χ2v) is 6.05. The summed E-state index contributed by atoms with van der Waals surface area (Å²) < 4.78 is 12.3. The number of ether oxygens (including phenoxy) is 2. The molecule has 1 fully saturated rings. The Labute approximate surface area is 115 Å². The van der Waals surface area contributed by atoms with Crippen molar-refractivity contribution in [1.29, 1.82) is 0 Å². The molecule has 0 aromatic rings. The Morgan fingerprint density at radius 2 is 2.21 bits per heavy atom. The molecule has 19 heavy (non-hydrogen) atoms. The molecule has 0 aromatic heterocycles. The molecule has 0 aromatic carbocycles. The molecule has 3 heteroatoms.